The summed E-state index contributed by atoms with van der Waals surface area (Å²) >= 11 is 2.89. The van der Waals surface area contributed by atoms with E-state index < -0.39 is 0 Å². The van der Waals surface area contributed by atoms with E-state index in [4.69, 9.17) is 23.6 Å². The molecule has 5 heterocycles. The summed E-state index contributed by atoms with van der Waals surface area (Å²) in [6, 6.07) is 13.2. The van der Waals surface area contributed by atoms with E-state index in [2.05, 4.69) is 10.1 Å². The molecule has 0 aliphatic carbocycles. The van der Waals surface area contributed by atoms with Crippen LogP contribution in [0.15, 0.2) is 58.5 Å². The van der Waals surface area contributed by atoms with Gasteiger partial charge in [0.2, 0.25) is 4.96 Å². The molecule has 202 valence electrons. The van der Waals surface area contributed by atoms with Gasteiger partial charge in [-0.15, -0.1) is 16.4 Å². The van der Waals surface area contributed by atoms with E-state index in [-0.39, 0.29) is 12.5 Å². The number of hydrogen-bond donors (Lipinski definition) is 0. The number of amides is 1. The maximum Gasteiger partial charge on any atom is 0.294 e. The maximum atomic E-state index is 12.4. The molecule has 1 amide bonds. The molecule has 2 aromatic carbocycles. The van der Waals surface area contributed by atoms with Crippen molar-refractivity contribution in [2.75, 3.05) is 27.3 Å². The SMILES string of the molecule is COc1cc(OCc2csc(-c3ccc(C(=O)N4CCC4)cc3)n2)c2cc(-c3cn4nc(OC)sc4n3)oc2c1. The molecule has 0 unspecified atom stereocenters. The lowest BCUT2D eigenvalue weighted by Gasteiger charge is -2.30. The van der Waals surface area contributed by atoms with E-state index in [1.54, 1.807) is 24.9 Å². The number of imidazole rings is 1. The number of benzene rings is 2. The van der Waals surface area contributed by atoms with Gasteiger partial charge in [0.25, 0.3) is 11.1 Å². The molecule has 1 aliphatic heterocycles. The highest BCUT2D eigenvalue weighted by atomic mass is 32.1. The maximum absolute atomic E-state index is 12.4. The van der Waals surface area contributed by atoms with Crippen molar-refractivity contribution in [3.05, 3.63) is 65.3 Å². The van der Waals surface area contributed by atoms with E-state index >= 15 is 0 Å². The Morgan fingerprint density at radius 3 is 2.65 bits per heavy atom. The number of carbonyl (C=O) groups is 1. The first-order chi connectivity index (χ1) is 19.6. The summed E-state index contributed by atoms with van der Waals surface area (Å²) in [6.45, 7) is 1.95. The summed E-state index contributed by atoms with van der Waals surface area (Å²) in [6.07, 6.45) is 2.88. The number of nitrogens with zero attached hydrogens (tertiary/aromatic N) is 5. The Balaban J connectivity index is 1.10. The van der Waals surface area contributed by atoms with Gasteiger partial charge in [0.05, 0.1) is 31.5 Å². The number of ether oxygens (including phenoxy) is 3. The minimum absolute atomic E-state index is 0.0858. The van der Waals surface area contributed by atoms with Crippen LogP contribution in [-0.2, 0) is 6.61 Å². The van der Waals surface area contributed by atoms with Crippen LogP contribution in [0.2, 0.25) is 0 Å². The smallest absolute Gasteiger partial charge is 0.294 e. The van der Waals surface area contributed by atoms with Gasteiger partial charge >= 0.3 is 0 Å². The summed E-state index contributed by atoms with van der Waals surface area (Å²) in [4.78, 5) is 24.4. The number of rotatable bonds is 8. The number of fused-ring (bicyclic) bond motifs is 2. The monoisotopic (exact) mass is 573 g/mol. The molecule has 1 aliphatic rings. The van der Waals surface area contributed by atoms with Gasteiger partial charge in [-0.1, -0.05) is 12.1 Å². The summed E-state index contributed by atoms with van der Waals surface area (Å²) in [5.74, 6) is 1.92. The molecule has 7 rings (SSSR count). The molecule has 0 spiro atoms. The van der Waals surface area contributed by atoms with Crippen molar-refractivity contribution in [3.8, 4) is 38.7 Å². The predicted octanol–water partition coefficient (Wildman–Crippen LogP) is 5.77. The summed E-state index contributed by atoms with van der Waals surface area (Å²) < 4.78 is 24.7. The minimum Gasteiger partial charge on any atom is -0.496 e. The number of aromatic nitrogens is 4. The third kappa shape index (κ3) is 4.44. The second-order valence-electron chi connectivity index (χ2n) is 9.23. The van der Waals surface area contributed by atoms with Crippen molar-refractivity contribution in [1.29, 1.82) is 0 Å². The molecule has 0 atom stereocenters. The Hall–Kier alpha value is -4.42. The van der Waals surface area contributed by atoms with Gasteiger partial charge in [0, 0.05) is 41.7 Å². The highest BCUT2D eigenvalue weighted by molar-refractivity contribution is 7.18. The molecule has 0 bridgehead atoms. The molecule has 40 heavy (non-hydrogen) atoms. The van der Waals surface area contributed by atoms with Crippen LogP contribution in [0, 0.1) is 0 Å². The first-order valence-corrected chi connectivity index (χ1v) is 14.3. The first kappa shape index (κ1) is 24.6. The number of carbonyl (C=O) groups excluding carboxylic acids is 1. The fourth-order valence-electron chi connectivity index (χ4n) is 4.44. The molecule has 0 N–H and O–H groups in total. The second kappa shape index (κ2) is 9.96. The topological polar surface area (TPSA) is 104 Å². The Kier molecular flexibility index (Phi) is 6.13. The molecular weight excluding hydrogens is 550 g/mol. The molecule has 0 saturated carbocycles. The molecule has 12 heteroatoms. The summed E-state index contributed by atoms with van der Waals surface area (Å²) in [5, 5.41) is 8.52. The Morgan fingerprint density at radius 2 is 1.93 bits per heavy atom. The van der Waals surface area contributed by atoms with Gasteiger partial charge in [-0.3, -0.25) is 4.79 Å². The van der Waals surface area contributed by atoms with Gasteiger partial charge < -0.3 is 23.5 Å². The van der Waals surface area contributed by atoms with Gasteiger partial charge in [-0.25, -0.2) is 14.5 Å². The van der Waals surface area contributed by atoms with E-state index in [0.717, 1.165) is 41.2 Å². The van der Waals surface area contributed by atoms with Gasteiger partial charge in [0.1, 0.15) is 34.4 Å². The highest BCUT2D eigenvalue weighted by Gasteiger charge is 2.22. The third-order valence-electron chi connectivity index (χ3n) is 6.71. The van der Waals surface area contributed by atoms with E-state index in [1.807, 2.05) is 52.7 Å². The number of hydrogen-bond acceptors (Lipinski definition) is 10. The standard InChI is InChI=1S/C28H23N5O5S2/c1-35-19-10-22(20-12-24(38-23(20)11-19)21-13-33-27(30-21)40-28(31-33)36-2)37-14-18-15-39-25(29-18)16-4-6-17(7-5-16)26(34)32-8-3-9-32/h4-7,10-13,15H,3,8-9,14H2,1-2H3. The fourth-order valence-corrected chi connectivity index (χ4v) is 5.95. The average Bonchev–Trinajstić information content (AvgIpc) is 3.73. The van der Waals surface area contributed by atoms with Gasteiger partial charge in [0.15, 0.2) is 5.76 Å². The summed E-state index contributed by atoms with van der Waals surface area (Å²) in [7, 11) is 3.18. The average molecular weight is 574 g/mol. The van der Waals surface area contributed by atoms with Crippen molar-refractivity contribution in [3.63, 3.8) is 0 Å². The minimum atomic E-state index is 0.0858. The zero-order valence-electron chi connectivity index (χ0n) is 21.6. The lowest BCUT2D eigenvalue weighted by molar-refractivity contribution is 0.0652. The van der Waals surface area contributed by atoms with Crippen LogP contribution < -0.4 is 14.2 Å². The quantitative estimate of drug-likeness (QED) is 0.226. The zero-order chi connectivity index (χ0) is 27.2. The second-order valence-corrected chi connectivity index (χ2v) is 11.0. The van der Waals surface area contributed by atoms with E-state index in [1.165, 1.54) is 22.7 Å². The largest absolute Gasteiger partial charge is 0.496 e. The number of thiazole rings is 1. The van der Waals surface area contributed by atoms with Crippen LogP contribution >= 0.6 is 22.7 Å². The molecule has 0 radical (unpaired) electrons. The predicted molar refractivity (Wildman–Crippen MR) is 152 cm³/mol. The molecule has 10 nitrogen and oxygen atoms in total. The fraction of sp³-hybridized carbons (Fsp3) is 0.214. The Bertz CT molecular complexity index is 1820. The molecule has 1 fully saturated rings. The molecule has 6 aromatic rings. The lowest BCUT2D eigenvalue weighted by Crippen LogP contribution is -2.41. The Morgan fingerprint density at radius 1 is 1.07 bits per heavy atom. The van der Waals surface area contributed by atoms with Gasteiger partial charge in [-0.05, 0) is 36.0 Å². The van der Waals surface area contributed by atoms with Crippen molar-refractivity contribution in [2.45, 2.75) is 13.0 Å². The van der Waals surface area contributed by atoms with Crippen molar-refractivity contribution >= 4 is 44.5 Å². The number of likely N-dealkylation sites (tertiary alicyclic amines) is 1. The first-order valence-electron chi connectivity index (χ1n) is 12.6. The van der Waals surface area contributed by atoms with Crippen LogP contribution in [0.1, 0.15) is 22.5 Å². The zero-order valence-corrected chi connectivity index (χ0v) is 23.3. The van der Waals surface area contributed by atoms with Crippen molar-refractivity contribution in [2.24, 2.45) is 0 Å². The molecular formula is C28H23N5O5S2. The van der Waals surface area contributed by atoms with E-state index in [0.29, 0.717) is 44.3 Å². The van der Waals surface area contributed by atoms with E-state index in [9.17, 15) is 4.79 Å². The van der Waals surface area contributed by atoms with Crippen molar-refractivity contribution < 1.29 is 23.4 Å². The number of furan rings is 1. The van der Waals surface area contributed by atoms with Crippen LogP contribution in [0.3, 0.4) is 0 Å². The summed E-state index contributed by atoms with van der Waals surface area (Å²) in [5.41, 5.74) is 3.75. The van der Waals surface area contributed by atoms with Crippen molar-refractivity contribution in [1.82, 2.24) is 24.5 Å². The molecule has 1 saturated heterocycles. The Labute approximate surface area is 236 Å². The van der Waals surface area contributed by atoms with Gasteiger partial charge in [-0.2, -0.15) is 0 Å². The highest BCUT2D eigenvalue weighted by Crippen LogP contribution is 2.38. The van der Waals surface area contributed by atoms with Crippen LogP contribution in [0.4, 0.5) is 0 Å². The van der Waals surface area contributed by atoms with Crippen LogP contribution in [0.25, 0.3) is 38.0 Å². The normalized spacial score (nSPS) is 13.1. The number of methoxy groups -OCH3 is 2. The third-order valence-corrected chi connectivity index (χ3v) is 8.53. The molecule has 4 aromatic heterocycles. The van der Waals surface area contributed by atoms with Crippen LogP contribution in [-0.4, -0.2) is 57.7 Å². The van der Waals surface area contributed by atoms with Crippen LogP contribution in [0.5, 0.6) is 16.7 Å². The lowest BCUT2D eigenvalue weighted by atomic mass is 10.1.